The number of ether oxygens (including phenoxy) is 2. The number of carbonyl (C=O) groups excluding carboxylic acids is 1. The zero-order valence-electron chi connectivity index (χ0n) is 15.6. The summed E-state index contributed by atoms with van der Waals surface area (Å²) in [6.07, 6.45) is 0.979. The minimum atomic E-state index is -0.117. The maximum absolute atomic E-state index is 12.1. The average molecular weight is 349 g/mol. The lowest BCUT2D eigenvalue weighted by Gasteiger charge is -2.35. The molecule has 0 aromatic heterocycles. The minimum Gasteiger partial charge on any atom is -0.496 e. The van der Waals surface area contributed by atoms with Crippen LogP contribution in [0.15, 0.2) is 24.3 Å². The lowest BCUT2D eigenvalue weighted by Crippen LogP contribution is -2.46. The SMILES string of the molecule is COc1ccccc1C(CNC(=O)NCCC(C)C)N1CCOCC1. The Morgan fingerprint density at radius 2 is 1.96 bits per heavy atom. The van der Waals surface area contributed by atoms with Crippen molar-refractivity contribution in [3.05, 3.63) is 29.8 Å². The average Bonchev–Trinajstić information content (AvgIpc) is 2.63. The van der Waals surface area contributed by atoms with E-state index in [1.54, 1.807) is 7.11 Å². The zero-order chi connectivity index (χ0) is 18.1. The van der Waals surface area contributed by atoms with E-state index in [0.29, 0.717) is 32.2 Å². The van der Waals surface area contributed by atoms with Crippen molar-refractivity contribution >= 4 is 6.03 Å². The Morgan fingerprint density at radius 3 is 2.64 bits per heavy atom. The van der Waals surface area contributed by atoms with Gasteiger partial charge in [-0.15, -0.1) is 0 Å². The molecule has 1 fully saturated rings. The first-order valence-corrected chi connectivity index (χ1v) is 9.08. The Morgan fingerprint density at radius 1 is 1.24 bits per heavy atom. The van der Waals surface area contributed by atoms with E-state index in [4.69, 9.17) is 9.47 Å². The highest BCUT2D eigenvalue weighted by atomic mass is 16.5. The summed E-state index contributed by atoms with van der Waals surface area (Å²) < 4.78 is 11.0. The van der Waals surface area contributed by atoms with Crippen molar-refractivity contribution in [2.24, 2.45) is 5.92 Å². The molecule has 1 aromatic carbocycles. The molecule has 1 aromatic rings. The predicted molar refractivity (Wildman–Crippen MR) is 99.0 cm³/mol. The number of hydrogen-bond acceptors (Lipinski definition) is 4. The van der Waals surface area contributed by atoms with Gasteiger partial charge in [-0.05, 0) is 18.4 Å². The van der Waals surface area contributed by atoms with E-state index >= 15 is 0 Å². The molecule has 1 heterocycles. The van der Waals surface area contributed by atoms with Crippen LogP contribution < -0.4 is 15.4 Å². The van der Waals surface area contributed by atoms with Crippen LogP contribution in [-0.2, 0) is 4.74 Å². The van der Waals surface area contributed by atoms with Crippen LogP contribution in [0.5, 0.6) is 5.75 Å². The van der Waals surface area contributed by atoms with Gasteiger partial charge in [0, 0.05) is 31.7 Å². The summed E-state index contributed by atoms with van der Waals surface area (Å²) in [7, 11) is 1.68. The fourth-order valence-corrected chi connectivity index (χ4v) is 2.99. The van der Waals surface area contributed by atoms with Gasteiger partial charge in [0.05, 0.1) is 26.4 Å². The highest BCUT2D eigenvalue weighted by molar-refractivity contribution is 5.73. The van der Waals surface area contributed by atoms with E-state index in [1.807, 2.05) is 18.2 Å². The van der Waals surface area contributed by atoms with Crippen molar-refractivity contribution in [3.63, 3.8) is 0 Å². The Balaban J connectivity index is 2.01. The normalized spacial score (nSPS) is 16.5. The van der Waals surface area contributed by atoms with Gasteiger partial charge < -0.3 is 20.1 Å². The van der Waals surface area contributed by atoms with Crippen molar-refractivity contribution < 1.29 is 14.3 Å². The van der Waals surface area contributed by atoms with Crippen LogP contribution in [0.25, 0.3) is 0 Å². The summed E-state index contributed by atoms with van der Waals surface area (Å²) in [5, 5.41) is 5.94. The van der Waals surface area contributed by atoms with Gasteiger partial charge >= 0.3 is 6.03 Å². The van der Waals surface area contributed by atoms with Crippen molar-refractivity contribution in [2.75, 3.05) is 46.5 Å². The lowest BCUT2D eigenvalue weighted by atomic mass is 10.0. The van der Waals surface area contributed by atoms with Gasteiger partial charge in [-0.1, -0.05) is 32.0 Å². The highest BCUT2D eigenvalue weighted by Gasteiger charge is 2.25. The maximum atomic E-state index is 12.1. The zero-order valence-corrected chi connectivity index (χ0v) is 15.6. The number of hydrogen-bond donors (Lipinski definition) is 2. The molecule has 6 nitrogen and oxygen atoms in total. The second-order valence-corrected chi connectivity index (χ2v) is 6.73. The van der Waals surface area contributed by atoms with Gasteiger partial charge in [-0.3, -0.25) is 4.90 Å². The monoisotopic (exact) mass is 349 g/mol. The van der Waals surface area contributed by atoms with E-state index in [-0.39, 0.29) is 12.1 Å². The molecule has 1 aliphatic rings. The van der Waals surface area contributed by atoms with E-state index in [0.717, 1.165) is 30.8 Å². The molecule has 1 atom stereocenters. The summed E-state index contributed by atoms with van der Waals surface area (Å²) in [6, 6.07) is 7.95. The van der Waals surface area contributed by atoms with Gasteiger partial charge in [0.15, 0.2) is 0 Å². The Hall–Kier alpha value is -1.79. The summed E-state index contributed by atoms with van der Waals surface area (Å²) in [6.45, 7) is 8.65. The third-order valence-corrected chi connectivity index (χ3v) is 4.45. The number of para-hydroxylation sites is 1. The molecule has 0 saturated carbocycles. The van der Waals surface area contributed by atoms with Gasteiger partial charge in [-0.2, -0.15) is 0 Å². The number of methoxy groups -OCH3 is 1. The highest BCUT2D eigenvalue weighted by Crippen LogP contribution is 2.29. The summed E-state index contributed by atoms with van der Waals surface area (Å²) in [4.78, 5) is 14.4. The Kier molecular flexibility index (Phi) is 8.01. The maximum Gasteiger partial charge on any atom is 0.314 e. The first-order chi connectivity index (χ1) is 12.1. The van der Waals surface area contributed by atoms with E-state index < -0.39 is 0 Å². The number of rotatable bonds is 8. The Labute approximate surface area is 150 Å². The second kappa shape index (κ2) is 10.3. The molecule has 0 bridgehead atoms. The van der Waals surface area contributed by atoms with Crippen LogP contribution in [-0.4, -0.2) is 57.4 Å². The molecule has 2 rings (SSSR count). The van der Waals surface area contributed by atoms with Crippen molar-refractivity contribution in [3.8, 4) is 5.75 Å². The first-order valence-electron chi connectivity index (χ1n) is 9.08. The third kappa shape index (κ3) is 6.21. The van der Waals surface area contributed by atoms with Crippen LogP contribution in [0.3, 0.4) is 0 Å². The number of carbonyl (C=O) groups is 1. The molecule has 1 saturated heterocycles. The van der Waals surface area contributed by atoms with E-state index in [1.165, 1.54) is 0 Å². The first kappa shape index (κ1) is 19.5. The quantitative estimate of drug-likeness (QED) is 0.757. The lowest BCUT2D eigenvalue weighted by molar-refractivity contribution is 0.0162. The Bertz CT molecular complexity index is 530. The van der Waals surface area contributed by atoms with Gasteiger partial charge in [0.2, 0.25) is 0 Å². The summed E-state index contributed by atoms with van der Waals surface area (Å²) in [5.41, 5.74) is 1.09. The summed E-state index contributed by atoms with van der Waals surface area (Å²) in [5.74, 6) is 1.43. The van der Waals surface area contributed by atoms with E-state index in [9.17, 15) is 4.79 Å². The smallest absolute Gasteiger partial charge is 0.314 e. The van der Waals surface area contributed by atoms with Crippen molar-refractivity contribution in [2.45, 2.75) is 26.3 Å². The molecule has 0 aliphatic carbocycles. The molecule has 1 aliphatic heterocycles. The molecule has 6 heteroatoms. The molecular formula is C19H31N3O3. The molecular weight excluding hydrogens is 318 g/mol. The van der Waals surface area contributed by atoms with Crippen LogP contribution >= 0.6 is 0 Å². The number of benzene rings is 1. The molecule has 25 heavy (non-hydrogen) atoms. The molecule has 2 amide bonds. The van der Waals surface area contributed by atoms with E-state index in [2.05, 4.69) is 35.4 Å². The molecule has 0 spiro atoms. The number of nitrogens with one attached hydrogen (secondary N) is 2. The summed E-state index contributed by atoms with van der Waals surface area (Å²) >= 11 is 0. The van der Waals surface area contributed by atoms with Crippen LogP contribution in [0.1, 0.15) is 31.9 Å². The van der Waals surface area contributed by atoms with Crippen molar-refractivity contribution in [1.82, 2.24) is 15.5 Å². The number of nitrogens with zero attached hydrogens (tertiary/aromatic N) is 1. The molecule has 1 unspecified atom stereocenters. The molecule has 0 radical (unpaired) electrons. The largest absolute Gasteiger partial charge is 0.496 e. The van der Waals surface area contributed by atoms with Crippen LogP contribution in [0.4, 0.5) is 4.79 Å². The molecule has 2 N–H and O–H groups in total. The topological polar surface area (TPSA) is 62.8 Å². The van der Waals surface area contributed by atoms with Gasteiger partial charge in [0.25, 0.3) is 0 Å². The number of morpholine rings is 1. The predicted octanol–water partition coefficient (Wildman–Crippen LogP) is 2.41. The van der Waals surface area contributed by atoms with Gasteiger partial charge in [0.1, 0.15) is 5.75 Å². The fourth-order valence-electron chi connectivity index (χ4n) is 2.99. The van der Waals surface area contributed by atoms with Gasteiger partial charge in [-0.25, -0.2) is 4.79 Å². The number of urea groups is 1. The molecule has 140 valence electrons. The third-order valence-electron chi connectivity index (χ3n) is 4.45. The number of amides is 2. The second-order valence-electron chi connectivity index (χ2n) is 6.73. The fraction of sp³-hybridized carbons (Fsp3) is 0.632. The standard InChI is InChI=1S/C19H31N3O3/c1-15(2)8-9-20-19(23)21-14-17(22-10-12-25-13-11-22)16-6-4-5-7-18(16)24-3/h4-7,15,17H,8-14H2,1-3H3,(H2,20,21,23). The van der Waals surface area contributed by atoms with Crippen LogP contribution in [0, 0.1) is 5.92 Å². The minimum absolute atomic E-state index is 0.0656. The van der Waals surface area contributed by atoms with Crippen LogP contribution in [0.2, 0.25) is 0 Å². The van der Waals surface area contributed by atoms with Crippen molar-refractivity contribution in [1.29, 1.82) is 0 Å².